The summed E-state index contributed by atoms with van der Waals surface area (Å²) < 4.78 is 43.7. The van der Waals surface area contributed by atoms with E-state index in [1.54, 1.807) is 32.9 Å². The number of benzene rings is 1. The van der Waals surface area contributed by atoms with Crippen LogP contribution in [0.15, 0.2) is 24.3 Å². The van der Waals surface area contributed by atoms with Crippen LogP contribution in [-0.4, -0.2) is 36.2 Å². The molecule has 6 heteroatoms. The maximum atomic E-state index is 12.7. The first-order chi connectivity index (χ1) is 10.4. The number of hydrogen-bond acceptors (Lipinski definition) is 2. The number of carbonyl (C=O) groups is 1. The summed E-state index contributed by atoms with van der Waals surface area (Å²) in [6.07, 6.45) is -5.42. The van der Waals surface area contributed by atoms with E-state index in [0.29, 0.717) is 5.75 Å². The molecule has 0 aliphatic heterocycles. The van der Waals surface area contributed by atoms with Crippen molar-refractivity contribution in [2.75, 3.05) is 13.1 Å². The number of aryl methyl sites for hydroxylation is 1. The van der Waals surface area contributed by atoms with Gasteiger partial charge in [0.1, 0.15) is 12.3 Å². The Morgan fingerprint density at radius 1 is 1.13 bits per heavy atom. The molecule has 0 bridgehead atoms. The van der Waals surface area contributed by atoms with E-state index >= 15 is 0 Å². The second-order valence-electron chi connectivity index (χ2n) is 6.94. The Bertz CT molecular complexity index is 502. The van der Waals surface area contributed by atoms with E-state index in [4.69, 9.17) is 4.74 Å². The van der Waals surface area contributed by atoms with Crippen LogP contribution in [0, 0.1) is 12.3 Å². The molecule has 3 nitrogen and oxygen atoms in total. The van der Waals surface area contributed by atoms with Crippen LogP contribution in [0.5, 0.6) is 5.75 Å². The molecule has 130 valence electrons. The van der Waals surface area contributed by atoms with Crippen LogP contribution in [0.3, 0.4) is 0 Å². The molecule has 0 aliphatic rings. The van der Waals surface area contributed by atoms with Gasteiger partial charge in [0.25, 0.3) is 5.91 Å². The van der Waals surface area contributed by atoms with E-state index in [9.17, 15) is 18.0 Å². The summed E-state index contributed by atoms with van der Waals surface area (Å²) in [4.78, 5) is 13.2. The third-order valence-electron chi connectivity index (χ3n) is 3.03. The molecule has 0 fully saturated rings. The number of hydrogen-bond donors (Lipinski definition) is 0. The lowest BCUT2D eigenvalue weighted by Crippen LogP contribution is -2.48. The van der Waals surface area contributed by atoms with Crippen LogP contribution >= 0.6 is 0 Å². The minimum atomic E-state index is -4.44. The molecule has 1 amide bonds. The van der Waals surface area contributed by atoms with E-state index in [0.717, 1.165) is 10.5 Å². The highest BCUT2D eigenvalue weighted by atomic mass is 19.4. The zero-order chi connectivity index (χ0) is 17.8. The predicted molar refractivity (Wildman–Crippen MR) is 83.4 cm³/mol. The highest BCUT2D eigenvalue weighted by molar-refractivity contribution is 5.81. The third-order valence-corrected chi connectivity index (χ3v) is 3.03. The quantitative estimate of drug-likeness (QED) is 0.809. The molecule has 0 aliphatic carbocycles. The summed E-state index contributed by atoms with van der Waals surface area (Å²) in [6.45, 7) is 7.47. The first-order valence-electron chi connectivity index (χ1n) is 7.46. The number of nitrogens with zero attached hydrogens (tertiary/aromatic N) is 1. The average Bonchev–Trinajstić information content (AvgIpc) is 2.36. The van der Waals surface area contributed by atoms with Crippen molar-refractivity contribution in [3.63, 3.8) is 0 Å². The number of carbonyl (C=O) groups excluding carboxylic acids is 1. The molecule has 1 rings (SSSR count). The van der Waals surface area contributed by atoms with Crippen molar-refractivity contribution in [2.24, 2.45) is 5.41 Å². The van der Waals surface area contributed by atoms with Crippen LogP contribution in [0.4, 0.5) is 13.2 Å². The summed E-state index contributed by atoms with van der Waals surface area (Å²) in [7, 11) is 0. The van der Waals surface area contributed by atoms with Gasteiger partial charge in [0.15, 0.2) is 6.10 Å². The summed E-state index contributed by atoms with van der Waals surface area (Å²) in [6, 6.07) is 7.01. The molecule has 23 heavy (non-hydrogen) atoms. The molecule has 0 N–H and O–H groups in total. The number of amides is 1. The van der Waals surface area contributed by atoms with Crippen molar-refractivity contribution in [1.82, 2.24) is 4.90 Å². The van der Waals surface area contributed by atoms with Gasteiger partial charge in [-0.3, -0.25) is 4.79 Å². The zero-order valence-corrected chi connectivity index (χ0v) is 14.2. The van der Waals surface area contributed by atoms with Gasteiger partial charge >= 0.3 is 6.18 Å². The monoisotopic (exact) mass is 331 g/mol. The van der Waals surface area contributed by atoms with E-state index in [-0.39, 0.29) is 6.54 Å². The summed E-state index contributed by atoms with van der Waals surface area (Å²) in [5, 5.41) is 0. The number of rotatable bonds is 5. The smallest absolute Gasteiger partial charge is 0.406 e. The molecule has 0 aromatic heterocycles. The molecule has 1 unspecified atom stereocenters. The normalized spacial score (nSPS) is 13.6. The first-order valence-corrected chi connectivity index (χ1v) is 7.46. The first kappa shape index (κ1) is 19.3. The topological polar surface area (TPSA) is 29.5 Å². The van der Waals surface area contributed by atoms with Gasteiger partial charge in [-0.2, -0.15) is 13.2 Å². The van der Waals surface area contributed by atoms with Crippen molar-refractivity contribution < 1.29 is 22.7 Å². The maximum absolute atomic E-state index is 12.7. The molecular formula is C17H24F3NO2. The average molecular weight is 331 g/mol. The van der Waals surface area contributed by atoms with Crippen molar-refractivity contribution >= 4 is 5.91 Å². The fourth-order valence-corrected chi connectivity index (χ4v) is 2.13. The molecule has 0 saturated carbocycles. The second kappa shape index (κ2) is 7.23. The Morgan fingerprint density at radius 3 is 2.09 bits per heavy atom. The van der Waals surface area contributed by atoms with Crippen LogP contribution in [0.1, 0.15) is 33.3 Å². The van der Waals surface area contributed by atoms with Crippen molar-refractivity contribution in [3.8, 4) is 5.75 Å². The Balaban J connectivity index is 2.83. The molecule has 1 aromatic rings. The Morgan fingerprint density at radius 2 is 1.65 bits per heavy atom. The number of halogens is 3. The lowest BCUT2D eigenvalue weighted by Gasteiger charge is -2.32. The van der Waals surface area contributed by atoms with Gasteiger partial charge in [0, 0.05) is 6.54 Å². The molecule has 0 radical (unpaired) electrons. The number of ether oxygens (including phenoxy) is 1. The van der Waals surface area contributed by atoms with Crippen LogP contribution in [-0.2, 0) is 4.79 Å². The van der Waals surface area contributed by atoms with Gasteiger partial charge < -0.3 is 9.64 Å². The van der Waals surface area contributed by atoms with Crippen LogP contribution < -0.4 is 4.74 Å². The van der Waals surface area contributed by atoms with Crippen molar-refractivity contribution in [3.05, 3.63) is 29.8 Å². The van der Waals surface area contributed by atoms with E-state index < -0.39 is 30.1 Å². The maximum Gasteiger partial charge on any atom is 0.406 e. The fourth-order valence-electron chi connectivity index (χ4n) is 2.13. The van der Waals surface area contributed by atoms with E-state index in [1.165, 1.54) is 6.92 Å². The second-order valence-corrected chi connectivity index (χ2v) is 6.94. The zero-order valence-electron chi connectivity index (χ0n) is 14.2. The van der Waals surface area contributed by atoms with Gasteiger partial charge in [-0.05, 0) is 31.4 Å². The highest BCUT2D eigenvalue weighted by Gasteiger charge is 2.36. The Hall–Kier alpha value is -1.72. The molecule has 0 saturated heterocycles. The largest absolute Gasteiger partial charge is 0.481 e. The minimum absolute atomic E-state index is 0.00689. The van der Waals surface area contributed by atoms with Crippen molar-refractivity contribution in [2.45, 2.75) is 46.9 Å². The Kier molecular flexibility index (Phi) is 6.08. The van der Waals surface area contributed by atoms with Crippen LogP contribution in [0.2, 0.25) is 0 Å². The standard InChI is InChI=1S/C17H24F3NO2/c1-12-6-8-14(9-7-12)23-13(2)15(22)21(10-16(3,4)5)11-17(18,19)20/h6-9,13H,10-11H2,1-5H3. The van der Waals surface area contributed by atoms with E-state index in [2.05, 4.69) is 0 Å². The van der Waals surface area contributed by atoms with Gasteiger partial charge in [0.05, 0.1) is 0 Å². The summed E-state index contributed by atoms with van der Waals surface area (Å²) >= 11 is 0. The fraction of sp³-hybridized carbons (Fsp3) is 0.588. The lowest BCUT2D eigenvalue weighted by molar-refractivity contribution is -0.167. The van der Waals surface area contributed by atoms with Gasteiger partial charge in [-0.25, -0.2) is 0 Å². The molecule has 1 atom stereocenters. The van der Waals surface area contributed by atoms with Crippen LogP contribution in [0.25, 0.3) is 0 Å². The Labute approximate surface area is 135 Å². The lowest BCUT2D eigenvalue weighted by atomic mass is 9.96. The van der Waals surface area contributed by atoms with Gasteiger partial charge in [-0.1, -0.05) is 38.5 Å². The van der Waals surface area contributed by atoms with Crippen molar-refractivity contribution in [1.29, 1.82) is 0 Å². The van der Waals surface area contributed by atoms with Gasteiger partial charge in [0.2, 0.25) is 0 Å². The molecular weight excluding hydrogens is 307 g/mol. The minimum Gasteiger partial charge on any atom is -0.481 e. The summed E-state index contributed by atoms with van der Waals surface area (Å²) in [5.74, 6) is -0.211. The highest BCUT2D eigenvalue weighted by Crippen LogP contribution is 2.23. The predicted octanol–water partition coefficient (Wildman–Crippen LogP) is 4.20. The molecule has 0 heterocycles. The number of alkyl halides is 3. The SMILES string of the molecule is Cc1ccc(OC(C)C(=O)N(CC(C)(C)C)CC(F)(F)F)cc1. The van der Waals surface area contributed by atoms with E-state index in [1.807, 2.05) is 19.1 Å². The molecule has 0 spiro atoms. The van der Waals surface area contributed by atoms with Gasteiger partial charge in [-0.15, -0.1) is 0 Å². The summed E-state index contributed by atoms with van der Waals surface area (Å²) in [5.41, 5.74) is 0.590. The molecule has 1 aromatic carbocycles. The third kappa shape index (κ3) is 7.39.